The van der Waals surface area contributed by atoms with Crippen molar-refractivity contribution in [2.75, 3.05) is 30.8 Å². The maximum Gasteiger partial charge on any atom is 0.319 e. The molecule has 1 aliphatic heterocycles. The number of methoxy groups -OCH3 is 1. The number of nitrogens with zero attached hydrogens (tertiary/aromatic N) is 2. The Morgan fingerprint density at radius 1 is 1.27 bits per heavy atom. The summed E-state index contributed by atoms with van der Waals surface area (Å²) in [6.07, 6.45) is 4.50. The summed E-state index contributed by atoms with van der Waals surface area (Å²) in [5.74, 6) is 0.212. The van der Waals surface area contributed by atoms with Gasteiger partial charge in [-0.2, -0.15) is 0 Å². The van der Waals surface area contributed by atoms with Gasteiger partial charge in [0.05, 0.1) is 18.4 Å². The van der Waals surface area contributed by atoms with Gasteiger partial charge in [-0.15, -0.1) is 0 Å². The van der Waals surface area contributed by atoms with Crippen LogP contribution in [0.3, 0.4) is 0 Å². The molecule has 4 amide bonds. The smallest absolute Gasteiger partial charge is 0.319 e. The first-order valence-corrected chi connectivity index (χ1v) is 9.71. The number of pyridine rings is 1. The van der Waals surface area contributed by atoms with E-state index in [0.717, 1.165) is 13.0 Å². The van der Waals surface area contributed by atoms with Crippen LogP contribution in [0.25, 0.3) is 0 Å². The highest BCUT2D eigenvalue weighted by Gasteiger charge is 2.22. The summed E-state index contributed by atoms with van der Waals surface area (Å²) >= 11 is 0. The Morgan fingerprint density at radius 2 is 2.10 bits per heavy atom. The van der Waals surface area contributed by atoms with Crippen LogP contribution < -0.4 is 20.7 Å². The second-order valence-corrected chi connectivity index (χ2v) is 7.05. The van der Waals surface area contributed by atoms with E-state index in [0.29, 0.717) is 35.7 Å². The van der Waals surface area contributed by atoms with E-state index < -0.39 is 0 Å². The van der Waals surface area contributed by atoms with Gasteiger partial charge in [0.25, 0.3) is 5.91 Å². The van der Waals surface area contributed by atoms with Gasteiger partial charge in [0.1, 0.15) is 5.75 Å². The zero-order valence-corrected chi connectivity index (χ0v) is 17.0. The normalized spacial score (nSPS) is 14.2. The molecule has 0 unspecified atom stereocenters. The first kappa shape index (κ1) is 21.1. The molecule has 1 aliphatic rings. The lowest BCUT2D eigenvalue weighted by Crippen LogP contribution is -2.44. The Bertz CT molecular complexity index is 919. The Labute approximate surface area is 174 Å². The van der Waals surface area contributed by atoms with Crippen molar-refractivity contribution in [3.63, 3.8) is 0 Å². The van der Waals surface area contributed by atoms with E-state index >= 15 is 0 Å². The van der Waals surface area contributed by atoms with Crippen molar-refractivity contribution in [1.29, 1.82) is 0 Å². The summed E-state index contributed by atoms with van der Waals surface area (Å²) in [4.78, 5) is 42.0. The van der Waals surface area contributed by atoms with Gasteiger partial charge in [-0.1, -0.05) is 0 Å². The molecule has 0 spiro atoms. The van der Waals surface area contributed by atoms with Crippen LogP contribution in [0.15, 0.2) is 42.7 Å². The lowest BCUT2D eigenvalue weighted by atomic mass is 10.2. The molecule has 9 heteroatoms. The molecular weight excluding hydrogens is 386 g/mol. The number of ether oxygens (including phenoxy) is 1. The summed E-state index contributed by atoms with van der Waals surface area (Å²) in [5.41, 5.74) is 1.40. The molecule has 1 aromatic heterocycles. The molecule has 1 saturated heterocycles. The van der Waals surface area contributed by atoms with E-state index in [4.69, 9.17) is 4.74 Å². The number of benzene rings is 1. The average molecular weight is 411 g/mol. The van der Waals surface area contributed by atoms with Crippen molar-refractivity contribution in [2.24, 2.45) is 0 Å². The number of urea groups is 1. The van der Waals surface area contributed by atoms with E-state index in [2.05, 4.69) is 20.9 Å². The highest BCUT2D eigenvalue weighted by molar-refractivity contribution is 6.05. The quantitative estimate of drug-likeness (QED) is 0.648. The molecule has 3 N–H and O–H groups in total. The third-order valence-electron chi connectivity index (χ3n) is 4.67. The molecule has 158 valence electrons. The standard InChI is InChI=1S/C21H25N5O4/c1-14(13-26-10-4-6-19(26)27)23-21(29)24-16-7-8-17(18(11-16)30-2)25-20(28)15-5-3-9-22-12-15/h3,5,7-9,11-12,14H,4,6,10,13H2,1-2H3,(H,25,28)(H2,23,24,29)/t14-/m1/s1. The average Bonchev–Trinajstić information content (AvgIpc) is 3.13. The molecule has 30 heavy (non-hydrogen) atoms. The second kappa shape index (κ2) is 9.73. The van der Waals surface area contributed by atoms with Gasteiger partial charge >= 0.3 is 6.03 Å². The van der Waals surface area contributed by atoms with Crippen molar-refractivity contribution >= 4 is 29.2 Å². The highest BCUT2D eigenvalue weighted by atomic mass is 16.5. The number of carbonyl (C=O) groups excluding carboxylic acids is 3. The predicted octanol–water partition coefficient (Wildman–Crippen LogP) is 2.47. The molecule has 0 radical (unpaired) electrons. The molecule has 0 aliphatic carbocycles. The monoisotopic (exact) mass is 411 g/mol. The first-order valence-electron chi connectivity index (χ1n) is 9.71. The van der Waals surface area contributed by atoms with Gasteiger partial charge < -0.3 is 25.6 Å². The number of hydrogen-bond acceptors (Lipinski definition) is 5. The molecule has 9 nitrogen and oxygen atoms in total. The summed E-state index contributed by atoms with van der Waals surface area (Å²) in [6, 6.07) is 7.69. The molecular formula is C21H25N5O4. The number of carbonyl (C=O) groups is 3. The largest absolute Gasteiger partial charge is 0.494 e. The van der Waals surface area contributed by atoms with E-state index in [1.165, 1.54) is 13.3 Å². The van der Waals surface area contributed by atoms with Gasteiger partial charge in [0.15, 0.2) is 0 Å². The Morgan fingerprint density at radius 3 is 2.77 bits per heavy atom. The molecule has 1 fully saturated rings. The third kappa shape index (κ3) is 5.47. The van der Waals surface area contributed by atoms with Crippen LogP contribution in [-0.4, -0.2) is 54.0 Å². The van der Waals surface area contributed by atoms with Crippen LogP contribution in [-0.2, 0) is 4.79 Å². The molecule has 1 atom stereocenters. The third-order valence-corrected chi connectivity index (χ3v) is 4.67. The zero-order chi connectivity index (χ0) is 21.5. The van der Waals surface area contributed by atoms with Crippen molar-refractivity contribution in [2.45, 2.75) is 25.8 Å². The SMILES string of the molecule is COc1cc(NC(=O)N[C@H](C)CN2CCCC2=O)ccc1NC(=O)c1cccnc1. The maximum atomic E-state index is 12.3. The number of likely N-dealkylation sites (tertiary alicyclic amines) is 1. The van der Waals surface area contributed by atoms with E-state index in [-0.39, 0.29) is 23.9 Å². The van der Waals surface area contributed by atoms with Crippen molar-refractivity contribution in [3.05, 3.63) is 48.3 Å². The number of nitrogens with one attached hydrogen (secondary N) is 3. The highest BCUT2D eigenvalue weighted by Crippen LogP contribution is 2.28. The topological polar surface area (TPSA) is 113 Å². The summed E-state index contributed by atoms with van der Waals surface area (Å²) in [6.45, 7) is 3.06. The van der Waals surface area contributed by atoms with Crippen LogP contribution in [0.1, 0.15) is 30.1 Å². The first-order chi connectivity index (χ1) is 14.5. The van der Waals surface area contributed by atoms with Gasteiger partial charge in [0.2, 0.25) is 5.91 Å². The Balaban J connectivity index is 1.58. The van der Waals surface area contributed by atoms with Gasteiger partial charge in [0, 0.05) is 49.7 Å². The van der Waals surface area contributed by atoms with Crippen LogP contribution in [0.4, 0.5) is 16.2 Å². The lowest BCUT2D eigenvalue weighted by molar-refractivity contribution is -0.127. The Kier molecular flexibility index (Phi) is 6.84. The van der Waals surface area contributed by atoms with Crippen molar-refractivity contribution < 1.29 is 19.1 Å². The van der Waals surface area contributed by atoms with Gasteiger partial charge in [-0.25, -0.2) is 4.79 Å². The minimum absolute atomic E-state index is 0.123. The fourth-order valence-electron chi connectivity index (χ4n) is 3.23. The minimum atomic E-state index is -0.386. The molecule has 1 aromatic carbocycles. The predicted molar refractivity (Wildman–Crippen MR) is 113 cm³/mol. The second-order valence-electron chi connectivity index (χ2n) is 7.05. The maximum absolute atomic E-state index is 12.3. The number of hydrogen-bond donors (Lipinski definition) is 3. The summed E-state index contributed by atoms with van der Waals surface area (Å²) in [7, 11) is 1.48. The van der Waals surface area contributed by atoms with Crippen LogP contribution >= 0.6 is 0 Å². The molecule has 2 heterocycles. The molecule has 0 bridgehead atoms. The number of anilines is 2. The zero-order valence-electron chi connectivity index (χ0n) is 17.0. The number of amides is 4. The van der Waals surface area contributed by atoms with Crippen LogP contribution in [0, 0.1) is 0 Å². The van der Waals surface area contributed by atoms with E-state index in [9.17, 15) is 14.4 Å². The Hall–Kier alpha value is -3.62. The number of aromatic nitrogens is 1. The van der Waals surface area contributed by atoms with Gasteiger partial charge in [-0.05, 0) is 37.6 Å². The molecule has 3 rings (SSSR count). The van der Waals surface area contributed by atoms with Crippen LogP contribution in [0.2, 0.25) is 0 Å². The fourth-order valence-corrected chi connectivity index (χ4v) is 3.23. The number of rotatable bonds is 7. The molecule has 0 saturated carbocycles. The summed E-state index contributed by atoms with van der Waals surface area (Å²) < 4.78 is 5.34. The lowest BCUT2D eigenvalue weighted by Gasteiger charge is -2.22. The molecule has 2 aromatic rings. The fraction of sp³-hybridized carbons (Fsp3) is 0.333. The van der Waals surface area contributed by atoms with Gasteiger partial charge in [-0.3, -0.25) is 14.6 Å². The van der Waals surface area contributed by atoms with E-state index in [1.54, 1.807) is 41.4 Å². The summed E-state index contributed by atoms with van der Waals surface area (Å²) in [5, 5.41) is 8.33. The minimum Gasteiger partial charge on any atom is -0.494 e. The van der Waals surface area contributed by atoms with Crippen LogP contribution in [0.5, 0.6) is 5.75 Å². The van der Waals surface area contributed by atoms with Crippen molar-refractivity contribution in [3.8, 4) is 5.75 Å². The van der Waals surface area contributed by atoms with Crippen molar-refractivity contribution in [1.82, 2.24) is 15.2 Å². The van der Waals surface area contributed by atoms with E-state index in [1.807, 2.05) is 6.92 Å².